The molecule has 4 N–H and O–H groups in total. The Bertz CT molecular complexity index is 1480. The van der Waals surface area contributed by atoms with Crippen molar-refractivity contribution in [1.29, 1.82) is 0 Å². The van der Waals surface area contributed by atoms with Gasteiger partial charge in [0.2, 0.25) is 5.91 Å². The molecule has 2 amide bonds. The van der Waals surface area contributed by atoms with Gasteiger partial charge >= 0.3 is 5.97 Å². The molecule has 0 saturated carbocycles. The molecular formula is C33H35N3O4. The molecule has 0 aliphatic rings. The van der Waals surface area contributed by atoms with Crippen molar-refractivity contribution in [1.82, 2.24) is 5.32 Å². The van der Waals surface area contributed by atoms with E-state index in [1.807, 2.05) is 48.5 Å². The molecule has 4 aromatic carbocycles. The summed E-state index contributed by atoms with van der Waals surface area (Å²) >= 11 is 0. The molecule has 0 radical (unpaired) electrons. The first-order valence-corrected chi connectivity index (χ1v) is 13.3. The van der Waals surface area contributed by atoms with Gasteiger partial charge in [-0.05, 0) is 63.7 Å². The Morgan fingerprint density at radius 3 is 2.12 bits per heavy atom. The standard InChI is InChI=1S/C33H35N3O4/c1-33(2,3)25-13-17-27(18-14-25)36-32(40)29(21-24-9-6-8-22-7-4-5-10-28(22)24)35-26-15-11-23(12-16-26)31(39)34-20-19-30(37)38/h4-18,29,35H,19-21H2,1-3H3,(H,34,39)(H,36,40)(H,37,38)/t29-/m0/s1. The highest BCUT2D eigenvalue weighted by molar-refractivity contribution is 5.98. The first kappa shape index (κ1) is 28.4. The van der Waals surface area contributed by atoms with Crippen LogP contribution >= 0.6 is 0 Å². The minimum absolute atomic E-state index is 0.0142. The average molecular weight is 538 g/mol. The van der Waals surface area contributed by atoms with Crippen molar-refractivity contribution in [2.75, 3.05) is 17.2 Å². The van der Waals surface area contributed by atoms with Gasteiger partial charge in [-0.3, -0.25) is 14.4 Å². The third kappa shape index (κ3) is 7.47. The Hall–Kier alpha value is -4.65. The average Bonchev–Trinajstić information content (AvgIpc) is 2.93. The third-order valence-corrected chi connectivity index (χ3v) is 6.75. The van der Waals surface area contributed by atoms with E-state index >= 15 is 0 Å². The lowest BCUT2D eigenvalue weighted by molar-refractivity contribution is -0.136. The number of carbonyl (C=O) groups excluding carboxylic acids is 2. The molecule has 7 heteroatoms. The topological polar surface area (TPSA) is 108 Å². The van der Waals surface area contributed by atoms with Crippen LogP contribution in [-0.4, -0.2) is 35.5 Å². The lowest BCUT2D eigenvalue weighted by Gasteiger charge is -2.22. The molecule has 40 heavy (non-hydrogen) atoms. The van der Waals surface area contributed by atoms with Crippen LogP contribution in [0.4, 0.5) is 11.4 Å². The van der Waals surface area contributed by atoms with Gasteiger partial charge in [0.05, 0.1) is 6.42 Å². The predicted molar refractivity (Wildman–Crippen MR) is 160 cm³/mol. The maximum atomic E-state index is 13.6. The molecule has 4 aromatic rings. The second kappa shape index (κ2) is 12.5. The first-order chi connectivity index (χ1) is 19.1. The van der Waals surface area contributed by atoms with Crippen LogP contribution < -0.4 is 16.0 Å². The summed E-state index contributed by atoms with van der Waals surface area (Å²) in [6, 6.07) is 28.3. The van der Waals surface area contributed by atoms with E-state index in [4.69, 9.17) is 5.11 Å². The number of carboxylic acid groups (broad SMARTS) is 1. The number of carboxylic acids is 1. The van der Waals surface area contributed by atoms with Gasteiger partial charge in [0, 0.05) is 29.9 Å². The number of carbonyl (C=O) groups is 3. The van der Waals surface area contributed by atoms with Crippen LogP contribution in [0.15, 0.2) is 91.0 Å². The van der Waals surface area contributed by atoms with Crippen LogP contribution in [0.3, 0.4) is 0 Å². The van der Waals surface area contributed by atoms with E-state index in [1.54, 1.807) is 24.3 Å². The van der Waals surface area contributed by atoms with E-state index in [-0.39, 0.29) is 30.2 Å². The summed E-state index contributed by atoms with van der Waals surface area (Å²) in [7, 11) is 0. The summed E-state index contributed by atoms with van der Waals surface area (Å²) in [5.41, 5.74) is 4.05. The predicted octanol–water partition coefficient (Wildman–Crippen LogP) is 6.00. The number of fused-ring (bicyclic) bond motifs is 1. The molecule has 0 fully saturated rings. The smallest absolute Gasteiger partial charge is 0.305 e. The number of rotatable bonds is 10. The normalized spacial score (nSPS) is 12.0. The summed E-state index contributed by atoms with van der Waals surface area (Å²) in [4.78, 5) is 36.6. The number of aliphatic carboxylic acids is 1. The Balaban J connectivity index is 1.54. The van der Waals surface area contributed by atoms with Gasteiger partial charge < -0.3 is 21.1 Å². The first-order valence-electron chi connectivity index (χ1n) is 13.3. The quantitative estimate of drug-likeness (QED) is 0.198. The Morgan fingerprint density at radius 2 is 1.45 bits per heavy atom. The van der Waals surface area contributed by atoms with Gasteiger partial charge in [0.1, 0.15) is 6.04 Å². The Labute approximate surface area is 234 Å². The fourth-order valence-corrected chi connectivity index (χ4v) is 4.49. The summed E-state index contributed by atoms with van der Waals surface area (Å²) in [5, 5.41) is 20.0. The van der Waals surface area contributed by atoms with Gasteiger partial charge in [-0.2, -0.15) is 0 Å². The molecule has 4 rings (SSSR count). The van der Waals surface area contributed by atoms with Crippen molar-refractivity contribution in [3.05, 3.63) is 108 Å². The van der Waals surface area contributed by atoms with E-state index in [0.29, 0.717) is 17.7 Å². The molecule has 206 valence electrons. The minimum Gasteiger partial charge on any atom is -0.481 e. The zero-order valence-corrected chi connectivity index (χ0v) is 23.0. The van der Waals surface area contributed by atoms with Gasteiger partial charge in [-0.25, -0.2) is 0 Å². The van der Waals surface area contributed by atoms with Crippen molar-refractivity contribution in [3.63, 3.8) is 0 Å². The highest BCUT2D eigenvalue weighted by atomic mass is 16.4. The number of nitrogens with one attached hydrogen (secondary N) is 3. The van der Waals surface area contributed by atoms with Gasteiger partial charge in [0.15, 0.2) is 0 Å². The lowest BCUT2D eigenvalue weighted by atomic mass is 9.87. The van der Waals surface area contributed by atoms with Gasteiger partial charge in [-0.1, -0.05) is 75.4 Å². The molecule has 0 aliphatic carbocycles. The van der Waals surface area contributed by atoms with E-state index in [9.17, 15) is 14.4 Å². The minimum atomic E-state index is -0.972. The van der Waals surface area contributed by atoms with Crippen LogP contribution in [0.25, 0.3) is 10.8 Å². The van der Waals surface area contributed by atoms with Crippen molar-refractivity contribution in [3.8, 4) is 0 Å². The third-order valence-electron chi connectivity index (χ3n) is 6.75. The molecule has 0 saturated heterocycles. The zero-order valence-electron chi connectivity index (χ0n) is 23.0. The van der Waals surface area contributed by atoms with E-state index in [0.717, 1.165) is 22.0 Å². The maximum Gasteiger partial charge on any atom is 0.305 e. The number of hydrogen-bond donors (Lipinski definition) is 4. The van der Waals surface area contributed by atoms with E-state index in [2.05, 4.69) is 54.9 Å². The second-order valence-electron chi connectivity index (χ2n) is 10.8. The highest BCUT2D eigenvalue weighted by Crippen LogP contribution is 2.25. The van der Waals surface area contributed by atoms with Crippen LogP contribution in [0.1, 0.15) is 48.7 Å². The van der Waals surface area contributed by atoms with Crippen molar-refractivity contribution in [2.45, 2.75) is 45.1 Å². The SMILES string of the molecule is CC(C)(C)c1ccc(NC(=O)[C@H](Cc2cccc3ccccc23)Nc2ccc(C(=O)NCCC(=O)O)cc2)cc1. The van der Waals surface area contributed by atoms with Crippen LogP contribution in [-0.2, 0) is 21.4 Å². The van der Waals surface area contributed by atoms with Crippen molar-refractivity contribution in [2.24, 2.45) is 0 Å². The van der Waals surface area contributed by atoms with E-state index < -0.39 is 12.0 Å². The number of benzene rings is 4. The molecule has 0 bridgehead atoms. The summed E-state index contributed by atoms with van der Waals surface area (Å²) in [5.74, 6) is -1.50. The van der Waals surface area contributed by atoms with Gasteiger partial charge in [-0.15, -0.1) is 0 Å². The maximum absolute atomic E-state index is 13.6. The number of hydrogen-bond acceptors (Lipinski definition) is 4. The van der Waals surface area contributed by atoms with E-state index in [1.165, 1.54) is 5.56 Å². The molecule has 1 atom stereocenters. The fraction of sp³-hybridized carbons (Fsp3) is 0.242. The monoisotopic (exact) mass is 537 g/mol. The molecule has 0 heterocycles. The Kier molecular flexibility index (Phi) is 8.84. The largest absolute Gasteiger partial charge is 0.481 e. The lowest BCUT2D eigenvalue weighted by Crippen LogP contribution is -2.36. The van der Waals surface area contributed by atoms with Gasteiger partial charge in [0.25, 0.3) is 5.91 Å². The van der Waals surface area contributed by atoms with Crippen LogP contribution in [0.5, 0.6) is 0 Å². The molecule has 0 unspecified atom stereocenters. The zero-order chi connectivity index (χ0) is 28.7. The number of amides is 2. The number of anilines is 2. The van der Waals surface area contributed by atoms with Crippen molar-refractivity contribution >= 4 is 39.9 Å². The summed E-state index contributed by atoms with van der Waals surface area (Å²) < 4.78 is 0. The van der Waals surface area contributed by atoms with Crippen LogP contribution in [0, 0.1) is 0 Å². The summed E-state index contributed by atoms with van der Waals surface area (Å²) in [6.45, 7) is 6.50. The van der Waals surface area contributed by atoms with Crippen LogP contribution in [0.2, 0.25) is 0 Å². The molecular weight excluding hydrogens is 502 g/mol. The highest BCUT2D eigenvalue weighted by Gasteiger charge is 2.21. The molecule has 0 aliphatic heterocycles. The second-order valence-corrected chi connectivity index (χ2v) is 10.8. The summed E-state index contributed by atoms with van der Waals surface area (Å²) in [6.07, 6.45) is 0.306. The molecule has 0 aromatic heterocycles. The Morgan fingerprint density at radius 1 is 0.800 bits per heavy atom. The molecule has 7 nitrogen and oxygen atoms in total. The molecule has 0 spiro atoms. The van der Waals surface area contributed by atoms with Crippen molar-refractivity contribution < 1.29 is 19.5 Å². The fourth-order valence-electron chi connectivity index (χ4n) is 4.49.